The summed E-state index contributed by atoms with van der Waals surface area (Å²) in [5.41, 5.74) is 1.41. The van der Waals surface area contributed by atoms with Crippen molar-refractivity contribution in [3.05, 3.63) is 64.7 Å². The Morgan fingerprint density at radius 3 is 2.00 bits per heavy atom. The van der Waals surface area contributed by atoms with Gasteiger partial charge in [-0.25, -0.2) is 22.0 Å². The van der Waals surface area contributed by atoms with Gasteiger partial charge in [0.05, 0.1) is 6.04 Å². The smallest absolute Gasteiger partial charge is 0.200 e. The SMILES string of the molecule is NNC(Cc1ccccn1)c1c(F)c(F)c(F)c(F)c1F. The van der Waals surface area contributed by atoms with Crippen molar-refractivity contribution in [1.82, 2.24) is 10.4 Å². The molecule has 0 radical (unpaired) electrons. The van der Waals surface area contributed by atoms with Crippen LogP contribution in [0.2, 0.25) is 0 Å². The van der Waals surface area contributed by atoms with Crippen molar-refractivity contribution in [2.75, 3.05) is 0 Å². The minimum Gasteiger partial charge on any atom is -0.271 e. The molecule has 0 bridgehead atoms. The van der Waals surface area contributed by atoms with E-state index >= 15 is 0 Å². The van der Waals surface area contributed by atoms with E-state index in [1.807, 2.05) is 5.43 Å². The van der Waals surface area contributed by atoms with Gasteiger partial charge in [-0.3, -0.25) is 16.3 Å². The van der Waals surface area contributed by atoms with Crippen LogP contribution in [0.3, 0.4) is 0 Å². The largest absolute Gasteiger partial charge is 0.271 e. The third kappa shape index (κ3) is 2.86. The molecular formula is C13H10F5N3. The van der Waals surface area contributed by atoms with Crippen LogP contribution in [0.4, 0.5) is 22.0 Å². The Morgan fingerprint density at radius 2 is 1.52 bits per heavy atom. The zero-order valence-electron chi connectivity index (χ0n) is 10.5. The van der Waals surface area contributed by atoms with Crippen molar-refractivity contribution in [3.8, 4) is 0 Å². The maximum atomic E-state index is 13.7. The molecule has 112 valence electrons. The van der Waals surface area contributed by atoms with E-state index in [1.165, 1.54) is 12.3 Å². The van der Waals surface area contributed by atoms with Crippen LogP contribution in [-0.4, -0.2) is 4.98 Å². The zero-order chi connectivity index (χ0) is 15.6. The van der Waals surface area contributed by atoms with E-state index in [-0.39, 0.29) is 6.42 Å². The van der Waals surface area contributed by atoms with Crippen LogP contribution < -0.4 is 11.3 Å². The van der Waals surface area contributed by atoms with Crippen molar-refractivity contribution in [2.45, 2.75) is 12.5 Å². The molecule has 0 spiro atoms. The molecule has 0 aliphatic heterocycles. The second-order valence-corrected chi connectivity index (χ2v) is 4.23. The highest BCUT2D eigenvalue weighted by Crippen LogP contribution is 2.29. The van der Waals surface area contributed by atoms with Gasteiger partial charge in [-0.15, -0.1) is 0 Å². The predicted molar refractivity (Wildman–Crippen MR) is 64.2 cm³/mol. The van der Waals surface area contributed by atoms with Crippen LogP contribution in [0.5, 0.6) is 0 Å². The van der Waals surface area contributed by atoms with E-state index in [2.05, 4.69) is 4.98 Å². The number of benzene rings is 1. The van der Waals surface area contributed by atoms with Gasteiger partial charge in [0.25, 0.3) is 0 Å². The summed E-state index contributed by atoms with van der Waals surface area (Å²) in [7, 11) is 0. The molecule has 3 nitrogen and oxygen atoms in total. The normalized spacial score (nSPS) is 12.5. The first kappa shape index (κ1) is 15.3. The third-order valence-electron chi connectivity index (χ3n) is 2.93. The lowest BCUT2D eigenvalue weighted by Gasteiger charge is -2.18. The maximum absolute atomic E-state index is 13.7. The Bertz CT molecular complexity index is 619. The highest BCUT2D eigenvalue weighted by atomic mass is 19.2. The van der Waals surface area contributed by atoms with Gasteiger partial charge in [0.15, 0.2) is 23.3 Å². The first-order chi connectivity index (χ1) is 9.97. The zero-order valence-corrected chi connectivity index (χ0v) is 10.5. The molecule has 3 N–H and O–H groups in total. The Balaban J connectivity index is 2.48. The Hall–Kier alpha value is -2.06. The van der Waals surface area contributed by atoms with Gasteiger partial charge in [0.1, 0.15) is 0 Å². The number of rotatable bonds is 4. The maximum Gasteiger partial charge on any atom is 0.200 e. The quantitative estimate of drug-likeness (QED) is 0.300. The minimum absolute atomic E-state index is 0.143. The van der Waals surface area contributed by atoms with Crippen molar-refractivity contribution in [3.63, 3.8) is 0 Å². The van der Waals surface area contributed by atoms with E-state index in [1.54, 1.807) is 12.1 Å². The molecule has 1 atom stereocenters. The predicted octanol–water partition coefficient (Wildman–Crippen LogP) is 2.52. The van der Waals surface area contributed by atoms with Crippen molar-refractivity contribution in [1.29, 1.82) is 0 Å². The molecule has 1 aromatic carbocycles. The summed E-state index contributed by atoms with van der Waals surface area (Å²) in [6, 6.07) is 3.46. The molecule has 2 aromatic rings. The van der Waals surface area contributed by atoms with Gasteiger partial charge in [-0.1, -0.05) is 6.07 Å². The minimum atomic E-state index is -2.21. The molecule has 1 aromatic heterocycles. The van der Waals surface area contributed by atoms with E-state index in [0.717, 1.165) is 0 Å². The molecular weight excluding hydrogens is 293 g/mol. The van der Waals surface area contributed by atoms with Crippen LogP contribution in [0.1, 0.15) is 17.3 Å². The van der Waals surface area contributed by atoms with Crippen molar-refractivity contribution in [2.24, 2.45) is 5.84 Å². The standard InChI is InChI=1S/C13H10F5N3/c14-9-8(10(15)12(17)13(18)11(9)16)7(21-19)5-6-3-1-2-4-20-6/h1-4,7,21H,5,19H2. The summed E-state index contributed by atoms with van der Waals surface area (Å²) in [6.07, 6.45) is 1.29. The molecule has 0 aliphatic rings. The molecule has 0 fully saturated rings. The fourth-order valence-electron chi connectivity index (χ4n) is 1.90. The molecule has 0 saturated heterocycles. The highest BCUT2D eigenvalue weighted by Gasteiger charge is 2.30. The molecule has 21 heavy (non-hydrogen) atoms. The Morgan fingerprint density at radius 1 is 0.952 bits per heavy atom. The number of halogens is 5. The van der Waals surface area contributed by atoms with E-state index in [4.69, 9.17) is 5.84 Å². The Labute approximate surface area is 116 Å². The monoisotopic (exact) mass is 303 g/mol. The van der Waals surface area contributed by atoms with Gasteiger partial charge in [-0.05, 0) is 12.1 Å². The number of pyridine rings is 1. The fourth-order valence-corrected chi connectivity index (χ4v) is 1.90. The van der Waals surface area contributed by atoms with E-state index < -0.39 is 40.7 Å². The van der Waals surface area contributed by atoms with Crippen LogP contribution in [-0.2, 0) is 6.42 Å². The number of aromatic nitrogens is 1. The topological polar surface area (TPSA) is 50.9 Å². The van der Waals surface area contributed by atoms with Crippen LogP contribution in [0, 0.1) is 29.1 Å². The summed E-state index contributed by atoms with van der Waals surface area (Å²) in [5, 5.41) is 0. The molecule has 0 aliphatic carbocycles. The summed E-state index contributed by atoms with van der Waals surface area (Å²) >= 11 is 0. The molecule has 0 saturated carbocycles. The van der Waals surface area contributed by atoms with Gasteiger partial charge >= 0.3 is 0 Å². The third-order valence-corrected chi connectivity index (χ3v) is 2.93. The molecule has 8 heteroatoms. The number of hydrazine groups is 1. The number of nitrogens with zero attached hydrogens (tertiary/aromatic N) is 1. The van der Waals surface area contributed by atoms with Gasteiger partial charge in [0, 0.05) is 23.9 Å². The van der Waals surface area contributed by atoms with Gasteiger partial charge in [-0.2, -0.15) is 0 Å². The first-order valence-corrected chi connectivity index (χ1v) is 5.84. The Kier molecular flexibility index (Phi) is 4.49. The van der Waals surface area contributed by atoms with Crippen molar-refractivity contribution < 1.29 is 22.0 Å². The van der Waals surface area contributed by atoms with Gasteiger partial charge in [0.2, 0.25) is 5.82 Å². The lowest BCUT2D eigenvalue weighted by molar-refractivity contribution is 0.355. The molecule has 2 rings (SSSR count). The van der Waals surface area contributed by atoms with E-state index in [9.17, 15) is 22.0 Å². The first-order valence-electron chi connectivity index (χ1n) is 5.84. The second kappa shape index (κ2) is 6.15. The second-order valence-electron chi connectivity index (χ2n) is 4.23. The van der Waals surface area contributed by atoms with Crippen LogP contribution in [0.25, 0.3) is 0 Å². The highest BCUT2D eigenvalue weighted by molar-refractivity contribution is 5.28. The van der Waals surface area contributed by atoms with Crippen molar-refractivity contribution >= 4 is 0 Å². The summed E-state index contributed by atoms with van der Waals surface area (Å²) in [4.78, 5) is 3.91. The van der Waals surface area contributed by atoms with Crippen LogP contribution in [0.15, 0.2) is 24.4 Å². The average Bonchev–Trinajstić information content (AvgIpc) is 2.51. The lowest BCUT2D eigenvalue weighted by Crippen LogP contribution is -2.32. The van der Waals surface area contributed by atoms with Gasteiger partial charge < -0.3 is 0 Å². The number of nitrogens with one attached hydrogen (secondary N) is 1. The fraction of sp³-hybridized carbons (Fsp3) is 0.154. The summed E-state index contributed by atoms with van der Waals surface area (Å²) in [6.45, 7) is 0. The van der Waals surface area contributed by atoms with E-state index in [0.29, 0.717) is 5.69 Å². The number of hydrogen-bond acceptors (Lipinski definition) is 3. The summed E-state index contributed by atoms with van der Waals surface area (Å²) in [5.74, 6) is -4.87. The number of hydrogen-bond donors (Lipinski definition) is 2. The average molecular weight is 303 g/mol. The summed E-state index contributed by atoms with van der Waals surface area (Å²) < 4.78 is 66.8. The lowest BCUT2D eigenvalue weighted by atomic mass is 10.00. The molecule has 1 heterocycles. The van der Waals surface area contributed by atoms with Crippen LogP contribution >= 0.6 is 0 Å². The number of nitrogens with two attached hydrogens (primary N) is 1. The molecule has 0 amide bonds. The molecule has 1 unspecified atom stereocenters.